The van der Waals surface area contributed by atoms with Crippen LogP contribution in [0.1, 0.15) is 17.1 Å². The second-order valence-corrected chi connectivity index (χ2v) is 4.00. The minimum Gasteiger partial charge on any atom is -0.415 e. The Hall–Kier alpha value is -1.91. The van der Waals surface area contributed by atoms with Crippen molar-refractivity contribution in [3.05, 3.63) is 35.5 Å². The maximum absolute atomic E-state index is 8.87. The van der Waals surface area contributed by atoms with Crippen LogP contribution in [0.25, 0.3) is 0 Å². The summed E-state index contributed by atoms with van der Waals surface area (Å²) >= 11 is 1.35. The highest BCUT2D eigenvalue weighted by molar-refractivity contribution is 7.98. The molecule has 0 bridgehead atoms. The highest BCUT2D eigenvalue weighted by atomic mass is 32.2. The van der Waals surface area contributed by atoms with Gasteiger partial charge in [0.15, 0.2) is 0 Å². The second-order valence-electron chi connectivity index (χ2n) is 3.08. The number of pyridine rings is 1. The van der Waals surface area contributed by atoms with Gasteiger partial charge in [0.25, 0.3) is 5.22 Å². The Morgan fingerprint density at radius 1 is 1.47 bits per heavy atom. The Morgan fingerprint density at radius 2 is 2.35 bits per heavy atom. The fraction of sp³-hybridized carbons (Fsp3) is 0.200. The third kappa shape index (κ3) is 2.81. The Labute approximate surface area is 102 Å². The van der Waals surface area contributed by atoms with Crippen LogP contribution in [-0.4, -0.2) is 15.2 Å². The average Bonchev–Trinajstić information content (AvgIpc) is 2.84. The molecule has 0 spiro atoms. The first-order valence-corrected chi connectivity index (χ1v) is 5.81. The van der Waals surface area contributed by atoms with Crippen LogP contribution in [0, 0.1) is 11.3 Å². The van der Waals surface area contributed by atoms with E-state index in [9.17, 15) is 0 Å². The third-order valence-corrected chi connectivity index (χ3v) is 2.84. The standard InChI is InChI=1S/C10H9N5OS/c11-4-8-7(2-1-3-13-8)6-17-10-15-14-9(5-12)16-10/h1-3H,5-6,12H2. The van der Waals surface area contributed by atoms with Gasteiger partial charge in [0.2, 0.25) is 5.89 Å². The lowest BCUT2D eigenvalue weighted by atomic mass is 10.2. The van der Waals surface area contributed by atoms with Crippen molar-refractivity contribution in [1.82, 2.24) is 15.2 Å². The second kappa shape index (κ2) is 5.43. The molecule has 0 radical (unpaired) electrons. The van der Waals surface area contributed by atoms with Crippen molar-refractivity contribution in [3.8, 4) is 6.07 Å². The SMILES string of the molecule is N#Cc1ncccc1CSc1nnc(CN)o1. The summed E-state index contributed by atoms with van der Waals surface area (Å²) in [5.41, 5.74) is 6.61. The highest BCUT2D eigenvalue weighted by Gasteiger charge is 2.08. The van der Waals surface area contributed by atoms with Crippen molar-refractivity contribution in [2.75, 3.05) is 0 Å². The molecule has 0 fully saturated rings. The lowest BCUT2D eigenvalue weighted by Gasteiger charge is -1.99. The number of hydrogen-bond donors (Lipinski definition) is 1. The van der Waals surface area contributed by atoms with E-state index >= 15 is 0 Å². The smallest absolute Gasteiger partial charge is 0.276 e. The van der Waals surface area contributed by atoms with Gasteiger partial charge in [-0.25, -0.2) is 4.98 Å². The Morgan fingerprint density at radius 3 is 3.06 bits per heavy atom. The van der Waals surface area contributed by atoms with Gasteiger partial charge in [-0.15, -0.1) is 10.2 Å². The quantitative estimate of drug-likeness (QED) is 0.806. The third-order valence-electron chi connectivity index (χ3n) is 1.97. The van der Waals surface area contributed by atoms with Crippen molar-refractivity contribution < 1.29 is 4.42 Å². The summed E-state index contributed by atoms with van der Waals surface area (Å²) < 4.78 is 5.24. The number of nitrogens with two attached hydrogens (primary N) is 1. The number of thioether (sulfide) groups is 1. The number of aromatic nitrogens is 3. The van der Waals surface area contributed by atoms with E-state index in [1.807, 2.05) is 12.1 Å². The van der Waals surface area contributed by atoms with Gasteiger partial charge in [0.1, 0.15) is 11.8 Å². The summed E-state index contributed by atoms with van der Waals surface area (Å²) in [6, 6.07) is 5.67. The monoisotopic (exact) mass is 247 g/mol. The van der Waals surface area contributed by atoms with E-state index in [1.165, 1.54) is 11.8 Å². The van der Waals surface area contributed by atoms with Crippen molar-refractivity contribution in [3.63, 3.8) is 0 Å². The van der Waals surface area contributed by atoms with Gasteiger partial charge in [-0.1, -0.05) is 17.8 Å². The van der Waals surface area contributed by atoms with E-state index in [-0.39, 0.29) is 6.54 Å². The van der Waals surface area contributed by atoms with Gasteiger partial charge in [-0.3, -0.25) is 0 Å². The molecule has 0 aromatic carbocycles. The largest absolute Gasteiger partial charge is 0.415 e. The summed E-state index contributed by atoms with van der Waals surface area (Å²) in [5, 5.41) is 16.9. The molecule has 2 N–H and O–H groups in total. The Balaban J connectivity index is 2.05. The number of rotatable bonds is 4. The fourth-order valence-electron chi connectivity index (χ4n) is 1.17. The summed E-state index contributed by atoms with van der Waals surface area (Å²) in [6.45, 7) is 0.226. The summed E-state index contributed by atoms with van der Waals surface area (Å²) in [4.78, 5) is 3.97. The molecule has 2 rings (SSSR count). The zero-order valence-electron chi connectivity index (χ0n) is 8.83. The van der Waals surface area contributed by atoms with Crippen LogP contribution in [0.2, 0.25) is 0 Å². The molecule has 0 aliphatic carbocycles. The molecule has 6 nitrogen and oxygen atoms in total. The van der Waals surface area contributed by atoms with Gasteiger partial charge in [-0.2, -0.15) is 5.26 Å². The molecule has 2 aromatic rings. The van der Waals surface area contributed by atoms with Gasteiger partial charge < -0.3 is 10.2 Å². The van der Waals surface area contributed by atoms with Crippen molar-refractivity contribution in [2.45, 2.75) is 17.5 Å². The molecule has 0 saturated carbocycles. The van der Waals surface area contributed by atoms with Crippen LogP contribution in [0.15, 0.2) is 28.0 Å². The predicted molar refractivity (Wildman–Crippen MR) is 60.7 cm³/mol. The molecule has 2 heterocycles. The lowest BCUT2D eigenvalue weighted by molar-refractivity contribution is 0.415. The first kappa shape index (κ1) is 11.6. The number of nitrogens with zero attached hydrogens (tertiary/aromatic N) is 4. The van der Waals surface area contributed by atoms with Gasteiger partial charge >= 0.3 is 0 Å². The number of nitriles is 1. The van der Waals surface area contributed by atoms with E-state index in [0.717, 1.165) is 5.56 Å². The van der Waals surface area contributed by atoms with E-state index in [4.69, 9.17) is 15.4 Å². The maximum Gasteiger partial charge on any atom is 0.276 e. The molecule has 0 saturated heterocycles. The van der Waals surface area contributed by atoms with Gasteiger partial charge in [0.05, 0.1) is 6.54 Å². The van der Waals surface area contributed by atoms with Crippen LogP contribution >= 0.6 is 11.8 Å². The minimum absolute atomic E-state index is 0.226. The maximum atomic E-state index is 8.87. The predicted octanol–water partition coefficient (Wildman–Crippen LogP) is 1.09. The first-order chi connectivity index (χ1) is 8.33. The minimum atomic E-state index is 0.226. The van der Waals surface area contributed by atoms with Crippen molar-refractivity contribution in [1.29, 1.82) is 5.26 Å². The van der Waals surface area contributed by atoms with Crippen LogP contribution < -0.4 is 5.73 Å². The van der Waals surface area contributed by atoms with Gasteiger partial charge in [0, 0.05) is 11.9 Å². The summed E-state index contributed by atoms with van der Waals surface area (Å²) in [5.74, 6) is 0.961. The summed E-state index contributed by atoms with van der Waals surface area (Å²) in [6.07, 6.45) is 1.59. The molecule has 2 aromatic heterocycles. The molecule has 7 heteroatoms. The Bertz CT molecular complexity index is 548. The van der Waals surface area contributed by atoms with Crippen LogP contribution in [0.5, 0.6) is 0 Å². The van der Waals surface area contributed by atoms with E-state index in [2.05, 4.69) is 15.2 Å². The lowest BCUT2D eigenvalue weighted by Crippen LogP contribution is -1.95. The molecule has 0 unspecified atom stereocenters. The van der Waals surface area contributed by atoms with Gasteiger partial charge in [-0.05, 0) is 11.6 Å². The fourth-order valence-corrected chi connectivity index (χ4v) is 1.94. The summed E-state index contributed by atoms with van der Waals surface area (Å²) in [7, 11) is 0. The molecule has 17 heavy (non-hydrogen) atoms. The van der Waals surface area contributed by atoms with E-state index in [1.54, 1.807) is 12.3 Å². The molecule has 86 valence electrons. The Kier molecular flexibility index (Phi) is 3.69. The molecule has 0 aliphatic heterocycles. The van der Waals surface area contributed by atoms with Crippen LogP contribution in [0.4, 0.5) is 0 Å². The molecule has 0 aliphatic rings. The molecular formula is C10H9N5OS. The normalized spacial score (nSPS) is 10.1. The molecular weight excluding hydrogens is 238 g/mol. The zero-order chi connectivity index (χ0) is 12.1. The highest BCUT2D eigenvalue weighted by Crippen LogP contribution is 2.22. The van der Waals surface area contributed by atoms with Crippen molar-refractivity contribution in [2.24, 2.45) is 5.73 Å². The molecule has 0 amide bonds. The first-order valence-electron chi connectivity index (χ1n) is 4.82. The van der Waals surface area contributed by atoms with E-state index in [0.29, 0.717) is 22.6 Å². The van der Waals surface area contributed by atoms with E-state index < -0.39 is 0 Å². The zero-order valence-corrected chi connectivity index (χ0v) is 9.65. The number of hydrogen-bond acceptors (Lipinski definition) is 7. The average molecular weight is 247 g/mol. The van der Waals surface area contributed by atoms with Crippen LogP contribution in [0.3, 0.4) is 0 Å². The van der Waals surface area contributed by atoms with Crippen molar-refractivity contribution >= 4 is 11.8 Å². The van der Waals surface area contributed by atoms with Crippen LogP contribution in [-0.2, 0) is 12.3 Å². The topological polar surface area (TPSA) is 102 Å². The molecule has 0 atom stereocenters.